The van der Waals surface area contributed by atoms with Gasteiger partial charge < -0.3 is 19.5 Å². The summed E-state index contributed by atoms with van der Waals surface area (Å²) in [6.07, 6.45) is 3.11. The highest BCUT2D eigenvalue weighted by Crippen LogP contribution is 2.25. The van der Waals surface area contributed by atoms with Crippen molar-refractivity contribution in [2.45, 2.75) is 38.1 Å². The van der Waals surface area contributed by atoms with E-state index in [4.69, 9.17) is 9.72 Å². The van der Waals surface area contributed by atoms with E-state index in [1.807, 2.05) is 11.9 Å². The summed E-state index contributed by atoms with van der Waals surface area (Å²) in [7, 11) is 3.62. The third-order valence-corrected chi connectivity index (χ3v) is 4.96. The van der Waals surface area contributed by atoms with Crippen LogP contribution in [0.1, 0.15) is 42.3 Å². The van der Waals surface area contributed by atoms with Crippen molar-refractivity contribution in [3.05, 3.63) is 27.4 Å². The number of ether oxygens (including phenoxy) is 1. The number of aromatic amines is 1. The Morgan fingerprint density at radius 1 is 1.42 bits per heavy atom. The van der Waals surface area contributed by atoms with Crippen molar-refractivity contribution in [1.82, 2.24) is 19.8 Å². The van der Waals surface area contributed by atoms with Crippen LogP contribution in [0.5, 0.6) is 0 Å². The molecule has 1 fully saturated rings. The summed E-state index contributed by atoms with van der Waals surface area (Å²) in [5.74, 6) is 0.971. The van der Waals surface area contributed by atoms with Gasteiger partial charge in [0.25, 0.3) is 5.56 Å². The van der Waals surface area contributed by atoms with Crippen molar-refractivity contribution < 1.29 is 9.53 Å². The van der Waals surface area contributed by atoms with Gasteiger partial charge >= 0.3 is 0 Å². The number of H-pyrrole nitrogens is 1. The molecule has 0 spiro atoms. The number of likely N-dealkylation sites (tertiary alicyclic amines) is 1. The summed E-state index contributed by atoms with van der Waals surface area (Å²) >= 11 is 0. The molecule has 0 radical (unpaired) electrons. The molecule has 2 aliphatic rings. The van der Waals surface area contributed by atoms with Crippen LogP contribution < -0.4 is 5.56 Å². The predicted octanol–water partition coefficient (Wildman–Crippen LogP) is 0.500. The van der Waals surface area contributed by atoms with Gasteiger partial charge in [-0.15, -0.1) is 0 Å². The van der Waals surface area contributed by atoms with Crippen molar-refractivity contribution >= 4 is 5.91 Å². The summed E-state index contributed by atoms with van der Waals surface area (Å²) in [6, 6.07) is 0. The Morgan fingerprint density at radius 2 is 2.25 bits per heavy atom. The van der Waals surface area contributed by atoms with Crippen molar-refractivity contribution in [1.29, 1.82) is 0 Å². The third kappa shape index (κ3) is 3.67. The molecule has 1 N–H and O–H groups in total. The van der Waals surface area contributed by atoms with Crippen molar-refractivity contribution in [2.24, 2.45) is 0 Å². The molecule has 7 nitrogen and oxygen atoms in total. The summed E-state index contributed by atoms with van der Waals surface area (Å²) in [5, 5.41) is 0. The van der Waals surface area contributed by atoms with E-state index < -0.39 is 0 Å². The van der Waals surface area contributed by atoms with Crippen molar-refractivity contribution in [2.75, 3.05) is 40.4 Å². The highest BCUT2D eigenvalue weighted by atomic mass is 16.5. The Morgan fingerprint density at radius 3 is 3.04 bits per heavy atom. The normalized spacial score (nSPS) is 21.6. The van der Waals surface area contributed by atoms with E-state index in [1.165, 1.54) is 0 Å². The van der Waals surface area contributed by atoms with Crippen LogP contribution in [-0.2, 0) is 22.5 Å². The lowest BCUT2D eigenvalue weighted by Gasteiger charge is -2.33. The Bertz CT molecular complexity index is 658. The van der Waals surface area contributed by atoms with E-state index >= 15 is 0 Å². The minimum Gasteiger partial charge on any atom is -0.384 e. The number of methoxy groups -OCH3 is 1. The van der Waals surface area contributed by atoms with Crippen LogP contribution in [0.4, 0.5) is 0 Å². The average Bonchev–Trinajstić information content (AvgIpc) is 2.60. The summed E-state index contributed by atoms with van der Waals surface area (Å²) in [4.78, 5) is 36.4. The first-order chi connectivity index (χ1) is 11.6. The van der Waals surface area contributed by atoms with Gasteiger partial charge in [0, 0.05) is 45.6 Å². The Hall–Kier alpha value is -1.73. The first kappa shape index (κ1) is 17.1. The Labute approximate surface area is 142 Å². The molecule has 0 aromatic carbocycles. The monoisotopic (exact) mass is 334 g/mol. The number of hydrogen-bond acceptors (Lipinski definition) is 5. The molecular weight excluding hydrogens is 308 g/mol. The maximum absolute atomic E-state index is 12.4. The Kier molecular flexibility index (Phi) is 5.30. The summed E-state index contributed by atoms with van der Waals surface area (Å²) < 4.78 is 4.99. The second-order valence-electron chi connectivity index (χ2n) is 6.79. The average molecular weight is 334 g/mol. The second-order valence-corrected chi connectivity index (χ2v) is 6.79. The number of aromatic nitrogens is 2. The number of piperidine rings is 1. The molecule has 3 rings (SSSR count). The van der Waals surface area contributed by atoms with E-state index in [1.54, 1.807) is 7.11 Å². The van der Waals surface area contributed by atoms with Crippen LogP contribution in [-0.4, -0.2) is 66.1 Å². The number of amides is 1. The maximum Gasteiger partial charge on any atom is 0.255 e. The number of nitrogens with one attached hydrogen (secondary N) is 1. The number of likely N-dealkylation sites (N-methyl/N-ethyl adjacent to an activating group) is 1. The standard InChI is InChI=1S/C17H26N4O3/c1-20-8-5-14-13(11-20)17(23)19-16(18-14)12-4-3-7-21(10-12)15(22)6-9-24-2/h12H,3-11H2,1-2H3,(H,18,19,23)/t12-/m1/s1. The molecule has 1 aromatic rings. The predicted molar refractivity (Wildman–Crippen MR) is 89.9 cm³/mol. The molecule has 1 saturated heterocycles. The van der Waals surface area contributed by atoms with Gasteiger partial charge in [0.1, 0.15) is 5.82 Å². The van der Waals surface area contributed by atoms with Gasteiger partial charge in [-0.25, -0.2) is 4.98 Å². The fourth-order valence-electron chi connectivity index (χ4n) is 3.55. The van der Waals surface area contributed by atoms with E-state index in [0.717, 1.165) is 49.4 Å². The molecule has 1 amide bonds. The van der Waals surface area contributed by atoms with Crippen LogP contribution in [0.15, 0.2) is 4.79 Å². The smallest absolute Gasteiger partial charge is 0.255 e. The van der Waals surface area contributed by atoms with Crippen molar-refractivity contribution in [3.8, 4) is 0 Å². The summed E-state index contributed by atoms with van der Waals surface area (Å²) in [6.45, 7) is 3.43. The molecule has 1 atom stereocenters. The van der Waals surface area contributed by atoms with Gasteiger partial charge in [-0.05, 0) is 19.9 Å². The van der Waals surface area contributed by atoms with Gasteiger partial charge in [0.15, 0.2) is 0 Å². The first-order valence-electron chi connectivity index (χ1n) is 8.65. The molecule has 0 saturated carbocycles. The van der Waals surface area contributed by atoms with Crippen LogP contribution >= 0.6 is 0 Å². The second kappa shape index (κ2) is 7.44. The number of fused-ring (bicyclic) bond motifs is 1. The SMILES string of the molecule is COCCC(=O)N1CCC[C@@H](c2nc3c(c(=O)[nH]2)CN(C)CC3)C1. The van der Waals surface area contributed by atoms with Crippen LogP contribution in [0, 0.1) is 0 Å². The molecule has 132 valence electrons. The Balaban J connectivity index is 1.75. The van der Waals surface area contributed by atoms with Gasteiger partial charge in [-0.3, -0.25) is 9.59 Å². The molecule has 7 heteroatoms. The molecular formula is C17H26N4O3. The van der Waals surface area contributed by atoms with Crippen LogP contribution in [0.25, 0.3) is 0 Å². The van der Waals surface area contributed by atoms with E-state index in [0.29, 0.717) is 26.1 Å². The van der Waals surface area contributed by atoms with Gasteiger partial charge in [0.05, 0.1) is 24.3 Å². The molecule has 0 unspecified atom stereocenters. The summed E-state index contributed by atoms with van der Waals surface area (Å²) in [5.41, 5.74) is 1.69. The van der Waals surface area contributed by atoms with E-state index in [-0.39, 0.29) is 17.4 Å². The number of carbonyl (C=O) groups excluding carboxylic acids is 1. The fourth-order valence-corrected chi connectivity index (χ4v) is 3.55. The largest absolute Gasteiger partial charge is 0.384 e. The zero-order chi connectivity index (χ0) is 17.1. The zero-order valence-corrected chi connectivity index (χ0v) is 14.5. The topological polar surface area (TPSA) is 78.5 Å². The molecule has 0 aliphatic carbocycles. The highest BCUT2D eigenvalue weighted by molar-refractivity contribution is 5.76. The van der Waals surface area contributed by atoms with E-state index in [9.17, 15) is 9.59 Å². The van der Waals surface area contributed by atoms with E-state index in [2.05, 4.69) is 9.88 Å². The molecule has 2 aliphatic heterocycles. The molecule has 24 heavy (non-hydrogen) atoms. The maximum atomic E-state index is 12.4. The number of nitrogens with zero attached hydrogens (tertiary/aromatic N) is 3. The highest BCUT2D eigenvalue weighted by Gasteiger charge is 2.28. The zero-order valence-electron chi connectivity index (χ0n) is 14.5. The molecule has 0 bridgehead atoms. The number of rotatable bonds is 4. The first-order valence-corrected chi connectivity index (χ1v) is 8.65. The van der Waals surface area contributed by atoms with Crippen LogP contribution in [0.3, 0.4) is 0 Å². The van der Waals surface area contributed by atoms with Gasteiger partial charge in [0.2, 0.25) is 5.91 Å². The lowest BCUT2D eigenvalue weighted by Crippen LogP contribution is -2.41. The van der Waals surface area contributed by atoms with Crippen LogP contribution in [0.2, 0.25) is 0 Å². The van der Waals surface area contributed by atoms with Crippen molar-refractivity contribution in [3.63, 3.8) is 0 Å². The minimum absolute atomic E-state index is 0.0237. The van der Waals surface area contributed by atoms with Gasteiger partial charge in [-0.1, -0.05) is 0 Å². The minimum atomic E-state index is -0.0237. The lowest BCUT2D eigenvalue weighted by atomic mass is 9.96. The fraction of sp³-hybridized carbons (Fsp3) is 0.706. The lowest BCUT2D eigenvalue weighted by molar-refractivity contribution is -0.133. The third-order valence-electron chi connectivity index (χ3n) is 4.96. The molecule has 1 aromatic heterocycles. The number of hydrogen-bond donors (Lipinski definition) is 1. The van der Waals surface area contributed by atoms with Gasteiger partial charge in [-0.2, -0.15) is 0 Å². The number of carbonyl (C=O) groups is 1. The molecule has 3 heterocycles. The quantitative estimate of drug-likeness (QED) is 0.867.